The summed E-state index contributed by atoms with van der Waals surface area (Å²) in [5, 5.41) is 3.07. The van der Waals surface area contributed by atoms with Crippen LogP contribution in [0.15, 0.2) is 45.1 Å². The van der Waals surface area contributed by atoms with Crippen molar-refractivity contribution >= 4 is 11.8 Å². The molecule has 0 aliphatic carbocycles. The van der Waals surface area contributed by atoms with Gasteiger partial charge in [0.05, 0.1) is 22.8 Å². The van der Waals surface area contributed by atoms with Gasteiger partial charge in [0.1, 0.15) is 12.4 Å². The van der Waals surface area contributed by atoms with Crippen molar-refractivity contribution in [3.05, 3.63) is 73.1 Å². The fourth-order valence-corrected chi connectivity index (χ4v) is 3.60. The Kier molecular flexibility index (Phi) is 3.21. The van der Waals surface area contributed by atoms with Crippen molar-refractivity contribution in [1.82, 2.24) is 9.13 Å². The van der Waals surface area contributed by atoms with Gasteiger partial charge in [-0.1, -0.05) is 24.3 Å². The zero-order valence-corrected chi connectivity index (χ0v) is 14.1. The lowest BCUT2D eigenvalue weighted by molar-refractivity contribution is -0.136. The highest BCUT2D eigenvalue weighted by Gasteiger charge is 2.41. The first kappa shape index (κ1) is 15.4. The van der Waals surface area contributed by atoms with Gasteiger partial charge < -0.3 is 10.1 Å². The lowest BCUT2D eigenvalue weighted by Crippen LogP contribution is -2.43. The molecule has 0 amide bonds. The average Bonchev–Trinajstić information content (AvgIpc) is 2.98. The van der Waals surface area contributed by atoms with Gasteiger partial charge in [-0.3, -0.25) is 13.9 Å². The van der Waals surface area contributed by atoms with Crippen LogP contribution in [0.3, 0.4) is 0 Å². The molecule has 128 valence electrons. The first-order valence-corrected chi connectivity index (χ1v) is 7.94. The van der Waals surface area contributed by atoms with E-state index in [1.807, 2.05) is 31.2 Å². The predicted octanol–water partition coefficient (Wildman–Crippen LogP) is 0.761. The smallest absolute Gasteiger partial charge is 0.337 e. The second-order valence-electron chi connectivity index (χ2n) is 6.35. The monoisotopic (exact) mass is 339 g/mol. The summed E-state index contributed by atoms with van der Waals surface area (Å²) in [5.74, 6) is -0.580. The molecule has 1 N–H and O–H groups in total. The summed E-state index contributed by atoms with van der Waals surface area (Å²) in [6.45, 7) is 2.05. The van der Waals surface area contributed by atoms with Crippen molar-refractivity contribution in [3.8, 4) is 0 Å². The predicted molar refractivity (Wildman–Crippen MR) is 91.6 cm³/mol. The second-order valence-corrected chi connectivity index (χ2v) is 6.35. The molecule has 0 bridgehead atoms. The van der Waals surface area contributed by atoms with E-state index in [0.717, 1.165) is 15.7 Å². The van der Waals surface area contributed by atoms with Gasteiger partial charge in [0, 0.05) is 14.1 Å². The molecule has 3 heterocycles. The van der Waals surface area contributed by atoms with Crippen molar-refractivity contribution in [2.24, 2.45) is 14.1 Å². The fraction of sp³-hybridized carbons (Fsp3) is 0.278. The minimum absolute atomic E-state index is 0.111. The molecule has 0 saturated heterocycles. The molecule has 0 spiro atoms. The highest BCUT2D eigenvalue weighted by atomic mass is 16.5. The van der Waals surface area contributed by atoms with Crippen LogP contribution >= 0.6 is 0 Å². The van der Waals surface area contributed by atoms with Crippen molar-refractivity contribution < 1.29 is 9.53 Å². The summed E-state index contributed by atoms with van der Waals surface area (Å²) in [6, 6.07) is 7.61. The number of hydrogen-bond donors (Lipinski definition) is 1. The Morgan fingerprint density at radius 2 is 1.84 bits per heavy atom. The zero-order valence-electron chi connectivity index (χ0n) is 14.1. The van der Waals surface area contributed by atoms with Crippen molar-refractivity contribution in [2.45, 2.75) is 12.8 Å². The molecular formula is C18H17N3O4. The van der Waals surface area contributed by atoms with E-state index in [9.17, 15) is 14.4 Å². The molecule has 0 fully saturated rings. The molecule has 1 unspecified atom stereocenters. The second kappa shape index (κ2) is 5.20. The summed E-state index contributed by atoms with van der Waals surface area (Å²) in [5.41, 5.74) is 2.41. The minimum atomic E-state index is -0.562. The minimum Gasteiger partial charge on any atom is -0.456 e. The first-order valence-electron chi connectivity index (χ1n) is 7.94. The van der Waals surface area contributed by atoms with Gasteiger partial charge in [-0.2, -0.15) is 0 Å². The number of hydrogen-bond acceptors (Lipinski definition) is 5. The largest absolute Gasteiger partial charge is 0.456 e. The van der Waals surface area contributed by atoms with E-state index < -0.39 is 23.1 Å². The number of ether oxygens (including phenoxy) is 1. The average molecular weight is 339 g/mol. The molecule has 1 aromatic heterocycles. The maximum Gasteiger partial charge on any atom is 0.337 e. The quantitative estimate of drug-likeness (QED) is 0.776. The molecule has 7 heteroatoms. The topological polar surface area (TPSA) is 82.3 Å². The molecule has 1 aromatic carbocycles. The molecule has 4 rings (SSSR count). The third-order valence-corrected chi connectivity index (χ3v) is 4.94. The Morgan fingerprint density at radius 1 is 1.12 bits per heavy atom. The number of benzene rings is 1. The van der Waals surface area contributed by atoms with Gasteiger partial charge in [0.2, 0.25) is 0 Å². The molecule has 2 aliphatic heterocycles. The number of rotatable bonds is 1. The van der Waals surface area contributed by atoms with Crippen LogP contribution in [0.4, 0.5) is 5.82 Å². The van der Waals surface area contributed by atoms with Crippen LogP contribution in [-0.4, -0.2) is 21.7 Å². The van der Waals surface area contributed by atoms with E-state index in [4.69, 9.17) is 4.74 Å². The van der Waals surface area contributed by atoms with E-state index in [0.29, 0.717) is 22.7 Å². The van der Waals surface area contributed by atoms with Crippen LogP contribution < -0.4 is 16.6 Å². The highest BCUT2D eigenvalue weighted by Crippen LogP contribution is 2.42. The van der Waals surface area contributed by atoms with Crippen molar-refractivity contribution in [1.29, 1.82) is 0 Å². The Hall–Kier alpha value is -3.09. The van der Waals surface area contributed by atoms with E-state index in [1.165, 1.54) is 11.6 Å². The lowest BCUT2D eigenvalue weighted by Gasteiger charge is -2.28. The van der Waals surface area contributed by atoms with E-state index in [-0.39, 0.29) is 6.61 Å². The van der Waals surface area contributed by atoms with Crippen molar-refractivity contribution in [2.75, 3.05) is 11.9 Å². The third kappa shape index (κ3) is 2.02. The molecule has 25 heavy (non-hydrogen) atoms. The van der Waals surface area contributed by atoms with Gasteiger partial charge in [0.25, 0.3) is 5.56 Å². The fourth-order valence-electron chi connectivity index (χ4n) is 3.60. The van der Waals surface area contributed by atoms with Crippen LogP contribution in [0.5, 0.6) is 0 Å². The van der Waals surface area contributed by atoms with Gasteiger partial charge >= 0.3 is 11.7 Å². The van der Waals surface area contributed by atoms with Crippen molar-refractivity contribution in [3.63, 3.8) is 0 Å². The van der Waals surface area contributed by atoms with E-state index in [2.05, 4.69) is 5.32 Å². The third-order valence-electron chi connectivity index (χ3n) is 4.94. The van der Waals surface area contributed by atoms with E-state index >= 15 is 0 Å². The molecule has 0 radical (unpaired) electrons. The van der Waals surface area contributed by atoms with Crippen LogP contribution in [0.2, 0.25) is 0 Å². The standard InChI is InChI=1S/C18H17N3O4/c1-9-6-4-5-7-10(9)12-13-11(8-25-17(13)23)19-15-14(12)16(22)21(3)18(24)20(15)2/h4-7,12,19H,8H2,1-3H3. The van der Waals surface area contributed by atoms with Gasteiger partial charge in [-0.25, -0.2) is 9.59 Å². The van der Waals surface area contributed by atoms with Gasteiger partial charge in [0.15, 0.2) is 0 Å². The number of aryl methyl sites for hydroxylation is 1. The molecule has 7 nitrogen and oxygen atoms in total. The number of carbonyl (C=O) groups is 1. The molecule has 1 atom stereocenters. The lowest BCUT2D eigenvalue weighted by atomic mass is 9.81. The van der Waals surface area contributed by atoms with Gasteiger partial charge in [-0.05, 0) is 18.1 Å². The summed E-state index contributed by atoms with van der Waals surface area (Å²) in [7, 11) is 3.04. The summed E-state index contributed by atoms with van der Waals surface area (Å²) >= 11 is 0. The number of anilines is 1. The Morgan fingerprint density at radius 3 is 2.56 bits per heavy atom. The zero-order chi connectivity index (χ0) is 17.9. The van der Waals surface area contributed by atoms with Crippen LogP contribution in [0.25, 0.3) is 0 Å². The number of carbonyl (C=O) groups excluding carboxylic acids is 1. The number of aromatic nitrogens is 2. The number of cyclic esters (lactones) is 1. The number of nitrogens with zero attached hydrogens (tertiary/aromatic N) is 2. The van der Waals surface area contributed by atoms with Gasteiger partial charge in [-0.15, -0.1) is 0 Å². The maximum absolute atomic E-state index is 12.9. The number of fused-ring (bicyclic) bond motifs is 1. The molecule has 2 aliphatic rings. The Balaban J connectivity index is 2.12. The van der Waals surface area contributed by atoms with Crippen LogP contribution in [-0.2, 0) is 23.6 Å². The Bertz CT molecular complexity index is 1070. The SMILES string of the molecule is Cc1ccccc1C1C2=C(COC2=O)Nc2c1c(=O)n(C)c(=O)n2C. The summed E-state index contributed by atoms with van der Waals surface area (Å²) in [4.78, 5) is 37.6. The Labute approximate surface area is 143 Å². The van der Waals surface area contributed by atoms with Crippen LogP contribution in [0.1, 0.15) is 22.6 Å². The first-order chi connectivity index (χ1) is 11.9. The normalized spacial score (nSPS) is 18.5. The highest BCUT2D eigenvalue weighted by molar-refractivity contribution is 5.97. The maximum atomic E-state index is 12.9. The molecular weight excluding hydrogens is 322 g/mol. The molecule has 2 aromatic rings. The summed E-state index contributed by atoms with van der Waals surface area (Å²) in [6.07, 6.45) is 0. The number of esters is 1. The molecule has 0 saturated carbocycles. The van der Waals surface area contributed by atoms with E-state index in [1.54, 1.807) is 7.05 Å². The number of nitrogens with one attached hydrogen (secondary N) is 1. The van der Waals surface area contributed by atoms with Crippen LogP contribution in [0, 0.1) is 6.92 Å². The summed E-state index contributed by atoms with van der Waals surface area (Å²) < 4.78 is 7.66.